The quantitative estimate of drug-likeness (QED) is 0.451. The minimum absolute atomic E-state index is 0.0551. The normalized spacial score (nSPS) is 34.0. The summed E-state index contributed by atoms with van der Waals surface area (Å²) >= 11 is 0. The van der Waals surface area contributed by atoms with Gasteiger partial charge in [-0.05, 0) is 61.9 Å². The molecule has 0 aromatic rings. The molecule has 2 aliphatic carbocycles. The monoisotopic (exact) mass is 286 g/mol. The van der Waals surface area contributed by atoms with Crippen molar-refractivity contribution in [1.82, 2.24) is 0 Å². The molecule has 0 bridgehead atoms. The molecule has 0 radical (unpaired) electrons. The Morgan fingerprint density at radius 2 is 2.05 bits per heavy atom. The molecule has 0 spiro atoms. The lowest BCUT2D eigenvalue weighted by Gasteiger charge is -2.29. The van der Waals surface area contributed by atoms with Gasteiger partial charge < -0.3 is 0 Å². The number of rotatable bonds is 1. The van der Waals surface area contributed by atoms with Crippen LogP contribution in [0.15, 0.2) is 35.5 Å². The molecular weight excluding hydrogens is 256 g/mol. The first-order valence-electron chi connectivity index (χ1n) is 8.40. The van der Waals surface area contributed by atoms with Crippen LogP contribution in [0.1, 0.15) is 66.2 Å². The Labute approximate surface area is 130 Å². The first kappa shape index (κ1) is 16.3. The maximum atomic E-state index is 12.5. The fraction of sp³-hybridized carbons (Fsp3) is 0.650. The number of ketones is 1. The first-order chi connectivity index (χ1) is 9.83. The molecule has 116 valence electrons. The van der Waals surface area contributed by atoms with E-state index in [2.05, 4.69) is 46.4 Å². The number of fused-ring (bicyclic) bond motifs is 1. The Balaban J connectivity index is 2.38. The molecule has 2 aliphatic rings. The molecule has 1 fully saturated rings. The maximum absolute atomic E-state index is 12.5. The molecule has 1 nitrogen and oxygen atoms in total. The second-order valence-corrected chi connectivity index (χ2v) is 7.61. The standard InChI is InChI=1S/C20H30O/c1-14(2)17-11-12-20(5)13-19(21)16(4)8-6-7-15(3)9-10-18(17)20/h7,10,14,17H,4,6,8-9,11-13H2,1-3,5H3/b15-7+,18-10?/t17-,20-/m0/s1. The zero-order valence-electron chi connectivity index (χ0n) is 14.2. The van der Waals surface area contributed by atoms with E-state index in [1.54, 1.807) is 0 Å². The Kier molecular flexibility index (Phi) is 4.91. The first-order valence-corrected chi connectivity index (χ1v) is 8.40. The van der Waals surface area contributed by atoms with E-state index >= 15 is 0 Å². The number of hydrogen-bond acceptors (Lipinski definition) is 1. The zero-order chi connectivity index (χ0) is 15.6. The molecular formula is C20H30O. The second-order valence-electron chi connectivity index (χ2n) is 7.61. The van der Waals surface area contributed by atoms with Gasteiger partial charge in [-0.3, -0.25) is 4.79 Å². The van der Waals surface area contributed by atoms with Crippen LogP contribution in [-0.4, -0.2) is 5.78 Å². The van der Waals surface area contributed by atoms with Gasteiger partial charge in [0.1, 0.15) is 0 Å². The molecule has 0 saturated heterocycles. The third-order valence-electron chi connectivity index (χ3n) is 5.44. The van der Waals surface area contributed by atoms with E-state index in [9.17, 15) is 4.79 Å². The molecule has 0 unspecified atom stereocenters. The van der Waals surface area contributed by atoms with E-state index in [1.165, 1.54) is 17.6 Å². The predicted molar refractivity (Wildman–Crippen MR) is 90.1 cm³/mol. The van der Waals surface area contributed by atoms with E-state index in [1.807, 2.05) is 0 Å². The Hall–Kier alpha value is -1.11. The summed E-state index contributed by atoms with van der Waals surface area (Å²) in [4.78, 5) is 12.5. The van der Waals surface area contributed by atoms with Gasteiger partial charge in [0, 0.05) is 6.42 Å². The largest absolute Gasteiger partial charge is 0.295 e. The van der Waals surface area contributed by atoms with Crippen molar-refractivity contribution in [1.29, 1.82) is 0 Å². The van der Waals surface area contributed by atoms with E-state index in [0.717, 1.165) is 31.3 Å². The highest BCUT2D eigenvalue weighted by Crippen LogP contribution is 2.52. The van der Waals surface area contributed by atoms with Crippen molar-refractivity contribution < 1.29 is 4.79 Å². The van der Waals surface area contributed by atoms with Crippen LogP contribution in [0, 0.1) is 17.3 Å². The average Bonchev–Trinajstić information content (AvgIpc) is 2.71. The highest BCUT2D eigenvalue weighted by Gasteiger charge is 2.42. The third-order valence-corrected chi connectivity index (χ3v) is 5.44. The lowest BCUT2D eigenvalue weighted by Crippen LogP contribution is -2.22. The summed E-state index contributed by atoms with van der Waals surface area (Å²) in [5.41, 5.74) is 3.82. The zero-order valence-corrected chi connectivity index (χ0v) is 14.2. The summed E-state index contributed by atoms with van der Waals surface area (Å²) in [6.07, 6.45) is 10.5. The van der Waals surface area contributed by atoms with Gasteiger partial charge in [0.25, 0.3) is 0 Å². The predicted octanol–water partition coefficient (Wildman–Crippen LogP) is 5.63. The van der Waals surface area contributed by atoms with Gasteiger partial charge in [0.2, 0.25) is 0 Å². The molecule has 1 heteroatoms. The number of Topliss-reactive ketones (excluding diaryl/α,β-unsaturated/α-hetero) is 1. The van der Waals surface area contributed by atoms with Gasteiger partial charge in [0.05, 0.1) is 0 Å². The smallest absolute Gasteiger partial charge is 0.159 e. The van der Waals surface area contributed by atoms with Crippen molar-refractivity contribution in [2.24, 2.45) is 17.3 Å². The van der Waals surface area contributed by atoms with E-state index in [-0.39, 0.29) is 11.2 Å². The lowest BCUT2D eigenvalue weighted by molar-refractivity contribution is -0.117. The average molecular weight is 286 g/mol. The van der Waals surface area contributed by atoms with E-state index in [4.69, 9.17) is 0 Å². The van der Waals surface area contributed by atoms with Gasteiger partial charge >= 0.3 is 0 Å². The Morgan fingerprint density at radius 1 is 1.33 bits per heavy atom. The van der Waals surface area contributed by atoms with Crippen LogP contribution >= 0.6 is 0 Å². The van der Waals surface area contributed by atoms with Crippen LogP contribution in [0.2, 0.25) is 0 Å². The summed E-state index contributed by atoms with van der Waals surface area (Å²) in [6, 6.07) is 0. The van der Waals surface area contributed by atoms with Crippen molar-refractivity contribution in [3.05, 3.63) is 35.5 Å². The van der Waals surface area contributed by atoms with Crippen molar-refractivity contribution in [2.75, 3.05) is 0 Å². The molecule has 1 saturated carbocycles. The van der Waals surface area contributed by atoms with Crippen LogP contribution in [0.5, 0.6) is 0 Å². The third kappa shape index (κ3) is 3.56. The second kappa shape index (κ2) is 6.34. The molecule has 0 N–H and O–H groups in total. The minimum Gasteiger partial charge on any atom is -0.295 e. The highest BCUT2D eigenvalue weighted by atomic mass is 16.1. The van der Waals surface area contributed by atoms with Gasteiger partial charge in [-0.15, -0.1) is 0 Å². The summed E-state index contributed by atoms with van der Waals surface area (Å²) < 4.78 is 0. The molecule has 2 rings (SSSR count). The molecule has 0 aliphatic heterocycles. The van der Waals surface area contributed by atoms with E-state index in [0.29, 0.717) is 18.3 Å². The molecule has 0 amide bonds. The minimum atomic E-state index is 0.0551. The maximum Gasteiger partial charge on any atom is 0.159 e. The lowest BCUT2D eigenvalue weighted by atomic mass is 9.75. The molecule has 0 aromatic carbocycles. The topological polar surface area (TPSA) is 17.1 Å². The van der Waals surface area contributed by atoms with Gasteiger partial charge in [0.15, 0.2) is 5.78 Å². The molecule has 21 heavy (non-hydrogen) atoms. The Morgan fingerprint density at radius 3 is 2.71 bits per heavy atom. The van der Waals surface area contributed by atoms with Crippen LogP contribution in [0.25, 0.3) is 0 Å². The van der Waals surface area contributed by atoms with Crippen molar-refractivity contribution >= 4 is 5.78 Å². The summed E-state index contributed by atoms with van der Waals surface area (Å²) in [5.74, 6) is 1.58. The van der Waals surface area contributed by atoms with Crippen molar-refractivity contribution in [3.8, 4) is 0 Å². The van der Waals surface area contributed by atoms with E-state index < -0.39 is 0 Å². The fourth-order valence-electron chi connectivity index (χ4n) is 3.97. The van der Waals surface area contributed by atoms with Crippen molar-refractivity contribution in [2.45, 2.75) is 66.2 Å². The SMILES string of the molecule is C=C1CC/C=C(\C)CC=C2[C@H](C(C)C)CC[C@@]2(C)CC1=O. The number of hydrogen-bond donors (Lipinski definition) is 0. The van der Waals surface area contributed by atoms with Crippen molar-refractivity contribution in [3.63, 3.8) is 0 Å². The highest BCUT2D eigenvalue weighted by molar-refractivity contribution is 5.95. The van der Waals surface area contributed by atoms with Crippen LogP contribution in [-0.2, 0) is 4.79 Å². The Bertz CT molecular complexity index is 492. The van der Waals surface area contributed by atoms with Crippen LogP contribution in [0.4, 0.5) is 0 Å². The molecule has 2 atom stereocenters. The fourth-order valence-corrected chi connectivity index (χ4v) is 3.97. The van der Waals surface area contributed by atoms with Gasteiger partial charge in [-0.1, -0.05) is 50.6 Å². The van der Waals surface area contributed by atoms with Crippen LogP contribution < -0.4 is 0 Å². The number of carbonyl (C=O) groups excluding carboxylic acids is 1. The summed E-state index contributed by atoms with van der Waals surface area (Å²) in [7, 11) is 0. The van der Waals surface area contributed by atoms with Crippen LogP contribution in [0.3, 0.4) is 0 Å². The molecule has 0 aromatic heterocycles. The number of carbonyl (C=O) groups is 1. The summed E-state index contributed by atoms with van der Waals surface area (Å²) in [6.45, 7) is 13.1. The van der Waals surface area contributed by atoms with Gasteiger partial charge in [-0.2, -0.15) is 0 Å². The summed E-state index contributed by atoms with van der Waals surface area (Å²) in [5, 5.41) is 0. The van der Waals surface area contributed by atoms with Gasteiger partial charge in [-0.25, -0.2) is 0 Å². The number of allylic oxidation sites excluding steroid dienone is 5. The molecule has 0 heterocycles.